The van der Waals surface area contributed by atoms with Gasteiger partial charge in [-0.2, -0.15) is 17.6 Å². The standard InChI is InChI=1S/C10H9F5N2O2/c11-7-4-8(12)9(17(18)19)3-6(7)5-16-2-1-10(13,14)15/h3-4,16H,1-2,5H2. The highest BCUT2D eigenvalue weighted by Crippen LogP contribution is 2.22. The van der Waals surface area contributed by atoms with Crippen LogP contribution in [-0.4, -0.2) is 17.6 Å². The number of rotatable bonds is 5. The fraction of sp³-hybridized carbons (Fsp3) is 0.400. The van der Waals surface area contributed by atoms with Crippen LogP contribution in [0.3, 0.4) is 0 Å². The third kappa shape index (κ3) is 4.78. The number of alkyl halides is 3. The maximum atomic E-state index is 13.2. The van der Waals surface area contributed by atoms with Crippen molar-refractivity contribution in [2.24, 2.45) is 0 Å². The van der Waals surface area contributed by atoms with E-state index < -0.39 is 41.4 Å². The highest BCUT2D eigenvalue weighted by molar-refractivity contribution is 5.37. The van der Waals surface area contributed by atoms with Crippen molar-refractivity contribution in [3.05, 3.63) is 39.4 Å². The van der Waals surface area contributed by atoms with E-state index in [1.165, 1.54) is 0 Å². The predicted octanol–water partition coefficient (Wildman–Crippen LogP) is 2.92. The van der Waals surface area contributed by atoms with Crippen LogP contribution >= 0.6 is 0 Å². The molecule has 1 rings (SSSR count). The smallest absolute Gasteiger partial charge is 0.312 e. The van der Waals surface area contributed by atoms with Gasteiger partial charge in [-0.1, -0.05) is 0 Å². The van der Waals surface area contributed by atoms with E-state index in [4.69, 9.17) is 0 Å². The van der Waals surface area contributed by atoms with Gasteiger partial charge in [-0.15, -0.1) is 0 Å². The van der Waals surface area contributed by atoms with Gasteiger partial charge in [0.25, 0.3) is 0 Å². The summed E-state index contributed by atoms with van der Waals surface area (Å²) in [5, 5.41) is 12.7. The van der Waals surface area contributed by atoms with Crippen LogP contribution in [0, 0.1) is 21.7 Å². The molecule has 1 aromatic rings. The van der Waals surface area contributed by atoms with E-state index in [0.717, 1.165) is 0 Å². The van der Waals surface area contributed by atoms with Crippen LogP contribution in [0.2, 0.25) is 0 Å². The normalized spacial score (nSPS) is 11.6. The van der Waals surface area contributed by atoms with Crippen molar-refractivity contribution in [3.63, 3.8) is 0 Å². The van der Waals surface area contributed by atoms with Crippen molar-refractivity contribution in [1.29, 1.82) is 0 Å². The molecule has 4 nitrogen and oxygen atoms in total. The van der Waals surface area contributed by atoms with Crippen LogP contribution < -0.4 is 5.32 Å². The van der Waals surface area contributed by atoms with Crippen molar-refractivity contribution in [1.82, 2.24) is 5.32 Å². The SMILES string of the molecule is O=[N+]([O-])c1cc(CNCCC(F)(F)F)c(F)cc1F. The van der Waals surface area contributed by atoms with Gasteiger partial charge in [0.05, 0.1) is 11.3 Å². The topological polar surface area (TPSA) is 55.2 Å². The first-order valence-electron chi connectivity index (χ1n) is 5.10. The zero-order chi connectivity index (χ0) is 14.6. The van der Waals surface area contributed by atoms with Crippen LogP contribution in [0.5, 0.6) is 0 Å². The van der Waals surface area contributed by atoms with Crippen LogP contribution in [0.4, 0.5) is 27.6 Å². The lowest BCUT2D eigenvalue weighted by atomic mass is 10.1. The van der Waals surface area contributed by atoms with Gasteiger partial charge in [0.1, 0.15) is 5.82 Å². The van der Waals surface area contributed by atoms with Gasteiger partial charge in [-0.3, -0.25) is 10.1 Å². The van der Waals surface area contributed by atoms with Gasteiger partial charge in [-0.05, 0) is 0 Å². The number of hydrogen-bond acceptors (Lipinski definition) is 3. The Bertz CT molecular complexity index is 476. The molecule has 0 unspecified atom stereocenters. The number of nitrogens with one attached hydrogen (secondary N) is 1. The third-order valence-electron chi connectivity index (χ3n) is 2.21. The first kappa shape index (κ1) is 15.3. The van der Waals surface area contributed by atoms with Gasteiger partial charge >= 0.3 is 11.9 Å². The fourth-order valence-corrected chi connectivity index (χ4v) is 1.31. The van der Waals surface area contributed by atoms with Gasteiger partial charge in [0.2, 0.25) is 5.82 Å². The summed E-state index contributed by atoms with van der Waals surface area (Å²) in [4.78, 5) is 9.39. The van der Waals surface area contributed by atoms with Crippen LogP contribution in [0.25, 0.3) is 0 Å². The first-order chi connectivity index (χ1) is 8.70. The molecule has 0 radical (unpaired) electrons. The number of nitrogens with zero attached hydrogens (tertiary/aromatic N) is 1. The molecule has 0 atom stereocenters. The largest absolute Gasteiger partial charge is 0.390 e. The predicted molar refractivity (Wildman–Crippen MR) is 55.4 cm³/mol. The molecule has 0 aliphatic carbocycles. The zero-order valence-electron chi connectivity index (χ0n) is 9.43. The second kappa shape index (κ2) is 5.91. The molecule has 0 saturated heterocycles. The zero-order valence-corrected chi connectivity index (χ0v) is 9.43. The molecule has 1 aromatic carbocycles. The summed E-state index contributed by atoms with van der Waals surface area (Å²) in [6.07, 6.45) is -5.46. The number of hydrogen-bond donors (Lipinski definition) is 1. The average Bonchev–Trinajstić information content (AvgIpc) is 2.24. The van der Waals surface area contributed by atoms with Crippen molar-refractivity contribution >= 4 is 5.69 Å². The first-order valence-corrected chi connectivity index (χ1v) is 5.10. The maximum Gasteiger partial charge on any atom is 0.390 e. The molecule has 0 amide bonds. The van der Waals surface area contributed by atoms with Gasteiger partial charge in [-0.25, -0.2) is 4.39 Å². The summed E-state index contributed by atoms with van der Waals surface area (Å²) >= 11 is 0. The molecular formula is C10H9F5N2O2. The van der Waals surface area contributed by atoms with E-state index in [-0.39, 0.29) is 12.1 Å². The monoisotopic (exact) mass is 284 g/mol. The Hall–Kier alpha value is -1.77. The minimum Gasteiger partial charge on any atom is -0.312 e. The molecule has 106 valence electrons. The van der Waals surface area contributed by atoms with Gasteiger partial charge in [0.15, 0.2) is 0 Å². The van der Waals surface area contributed by atoms with E-state index in [1.807, 2.05) is 0 Å². The van der Waals surface area contributed by atoms with Crippen molar-refractivity contribution < 1.29 is 26.9 Å². The molecule has 0 saturated carbocycles. The average molecular weight is 284 g/mol. The van der Waals surface area contributed by atoms with Crippen LogP contribution in [0.15, 0.2) is 12.1 Å². The molecular weight excluding hydrogens is 275 g/mol. The van der Waals surface area contributed by atoms with Crippen LogP contribution in [0.1, 0.15) is 12.0 Å². The van der Waals surface area contributed by atoms with Gasteiger partial charge in [0, 0.05) is 30.8 Å². The molecule has 9 heteroatoms. The lowest BCUT2D eigenvalue weighted by molar-refractivity contribution is -0.387. The molecule has 0 fully saturated rings. The number of nitro groups is 1. The molecule has 0 heterocycles. The Labute approximate surface area is 104 Å². The minimum atomic E-state index is -4.35. The molecule has 0 aliphatic heterocycles. The molecule has 1 N–H and O–H groups in total. The second-order valence-electron chi connectivity index (χ2n) is 3.69. The Morgan fingerprint density at radius 2 is 1.84 bits per heavy atom. The van der Waals surface area contributed by atoms with Gasteiger partial charge < -0.3 is 5.32 Å². The second-order valence-corrected chi connectivity index (χ2v) is 3.69. The Morgan fingerprint density at radius 3 is 2.37 bits per heavy atom. The lowest BCUT2D eigenvalue weighted by Gasteiger charge is -2.08. The molecule has 0 spiro atoms. The lowest BCUT2D eigenvalue weighted by Crippen LogP contribution is -2.21. The Balaban J connectivity index is 2.68. The summed E-state index contributed by atoms with van der Waals surface area (Å²) in [7, 11) is 0. The highest BCUT2D eigenvalue weighted by atomic mass is 19.4. The van der Waals surface area contributed by atoms with Crippen molar-refractivity contribution in [2.45, 2.75) is 19.1 Å². The maximum absolute atomic E-state index is 13.2. The molecule has 0 aliphatic rings. The van der Waals surface area contributed by atoms with Crippen molar-refractivity contribution in [2.75, 3.05) is 6.54 Å². The minimum absolute atomic E-state index is 0.268. The number of halogens is 5. The van der Waals surface area contributed by atoms with E-state index in [1.54, 1.807) is 0 Å². The van der Waals surface area contributed by atoms with E-state index >= 15 is 0 Å². The van der Waals surface area contributed by atoms with E-state index in [9.17, 15) is 32.1 Å². The van der Waals surface area contributed by atoms with Crippen LogP contribution in [-0.2, 0) is 6.54 Å². The summed E-state index contributed by atoms with van der Waals surface area (Å²) < 4.78 is 61.7. The Morgan fingerprint density at radius 1 is 1.21 bits per heavy atom. The van der Waals surface area contributed by atoms with E-state index in [2.05, 4.69) is 5.32 Å². The molecule has 19 heavy (non-hydrogen) atoms. The Kier molecular flexibility index (Phi) is 4.76. The molecule has 0 aromatic heterocycles. The fourth-order valence-electron chi connectivity index (χ4n) is 1.31. The summed E-state index contributed by atoms with van der Waals surface area (Å²) in [6.45, 7) is -0.822. The summed E-state index contributed by atoms with van der Waals surface area (Å²) in [5.41, 5.74) is -1.19. The third-order valence-corrected chi connectivity index (χ3v) is 2.21. The summed E-state index contributed by atoms with van der Waals surface area (Å²) in [6, 6.07) is 0.990. The number of nitro benzene ring substituents is 1. The molecule has 0 bridgehead atoms. The summed E-state index contributed by atoms with van der Waals surface area (Å²) in [5.74, 6) is -2.39. The van der Waals surface area contributed by atoms with Crippen molar-refractivity contribution in [3.8, 4) is 0 Å². The van der Waals surface area contributed by atoms with E-state index in [0.29, 0.717) is 12.1 Å². The number of benzene rings is 1. The highest BCUT2D eigenvalue weighted by Gasteiger charge is 2.26. The quantitative estimate of drug-likeness (QED) is 0.391.